The van der Waals surface area contributed by atoms with Gasteiger partial charge < -0.3 is 19.6 Å². The molecule has 148 valence electrons. The van der Waals surface area contributed by atoms with Crippen LogP contribution in [0.3, 0.4) is 0 Å². The third-order valence-electron chi connectivity index (χ3n) is 5.19. The molecule has 1 fully saturated rings. The summed E-state index contributed by atoms with van der Waals surface area (Å²) in [4.78, 5) is 25.4. The summed E-state index contributed by atoms with van der Waals surface area (Å²) in [6, 6.07) is 19.8. The Morgan fingerprint density at radius 2 is 1.72 bits per heavy atom. The molecule has 1 amide bonds. The normalized spacial score (nSPS) is 15.3. The van der Waals surface area contributed by atoms with Gasteiger partial charge in [0.05, 0.1) is 6.26 Å². The first-order valence-corrected chi connectivity index (χ1v) is 9.47. The van der Waals surface area contributed by atoms with Gasteiger partial charge in [-0.3, -0.25) is 0 Å². The number of benzene rings is 2. The summed E-state index contributed by atoms with van der Waals surface area (Å²) in [6.07, 6.45) is 2.05. The average Bonchev–Trinajstić information content (AvgIpc) is 3.58. The molecule has 0 aliphatic heterocycles. The van der Waals surface area contributed by atoms with Crippen molar-refractivity contribution in [2.45, 2.75) is 25.0 Å². The Kier molecular flexibility index (Phi) is 5.08. The van der Waals surface area contributed by atoms with Crippen molar-refractivity contribution in [2.75, 3.05) is 0 Å². The Labute approximate surface area is 167 Å². The van der Waals surface area contributed by atoms with Crippen LogP contribution in [0.1, 0.15) is 29.5 Å². The van der Waals surface area contributed by atoms with E-state index < -0.39 is 17.3 Å². The third kappa shape index (κ3) is 3.74. The zero-order valence-electron chi connectivity index (χ0n) is 15.7. The number of hydrogen-bond donors (Lipinski definition) is 2. The monoisotopic (exact) mass is 391 g/mol. The Bertz CT molecular complexity index is 1040. The molecule has 2 aromatic carbocycles. The summed E-state index contributed by atoms with van der Waals surface area (Å²) in [5.74, 6) is -0.286. The van der Waals surface area contributed by atoms with Crippen LogP contribution < -0.4 is 10.9 Å². The SMILES string of the molecule is O=C(NC(c1ccccc1)(c1c(O)ccoc1=O)C1CC1)OCc1ccccc1. The number of amides is 1. The number of nitrogens with one attached hydrogen (secondary N) is 1. The van der Waals surface area contributed by atoms with Gasteiger partial charge in [-0.25, -0.2) is 9.59 Å². The van der Waals surface area contributed by atoms with Crippen LogP contribution in [-0.2, 0) is 16.9 Å². The van der Waals surface area contributed by atoms with E-state index in [4.69, 9.17) is 9.15 Å². The lowest BCUT2D eigenvalue weighted by Crippen LogP contribution is -2.51. The van der Waals surface area contributed by atoms with Gasteiger partial charge in [0, 0.05) is 6.07 Å². The van der Waals surface area contributed by atoms with Gasteiger partial charge in [-0.05, 0) is 29.9 Å². The van der Waals surface area contributed by atoms with E-state index in [1.54, 1.807) is 0 Å². The molecule has 0 saturated heterocycles. The smallest absolute Gasteiger partial charge is 0.408 e. The first-order valence-electron chi connectivity index (χ1n) is 9.47. The molecule has 0 spiro atoms. The topological polar surface area (TPSA) is 88.8 Å². The fraction of sp³-hybridized carbons (Fsp3) is 0.217. The highest BCUT2D eigenvalue weighted by atomic mass is 16.5. The number of rotatable bonds is 6. The maximum Gasteiger partial charge on any atom is 0.408 e. The molecule has 3 aromatic rings. The molecule has 4 rings (SSSR count). The zero-order chi connectivity index (χ0) is 20.3. The fourth-order valence-electron chi connectivity index (χ4n) is 3.73. The number of carbonyl (C=O) groups is 1. The quantitative estimate of drug-likeness (QED) is 0.665. The summed E-state index contributed by atoms with van der Waals surface area (Å²) in [5, 5.41) is 13.4. The largest absolute Gasteiger partial charge is 0.507 e. The molecule has 1 aliphatic rings. The van der Waals surface area contributed by atoms with Crippen molar-refractivity contribution >= 4 is 6.09 Å². The molecule has 29 heavy (non-hydrogen) atoms. The maximum atomic E-state index is 12.8. The van der Waals surface area contributed by atoms with E-state index in [0.717, 1.165) is 24.7 Å². The van der Waals surface area contributed by atoms with E-state index in [2.05, 4.69) is 5.32 Å². The van der Waals surface area contributed by atoms with Gasteiger partial charge in [-0.1, -0.05) is 60.7 Å². The number of ether oxygens (including phenoxy) is 1. The number of carbonyl (C=O) groups excluding carboxylic acids is 1. The summed E-state index contributed by atoms with van der Waals surface area (Å²) >= 11 is 0. The minimum Gasteiger partial charge on any atom is -0.507 e. The maximum absolute atomic E-state index is 12.8. The minimum atomic E-state index is -1.24. The van der Waals surface area contributed by atoms with E-state index in [0.29, 0.717) is 5.56 Å². The van der Waals surface area contributed by atoms with Crippen LogP contribution in [0.25, 0.3) is 0 Å². The van der Waals surface area contributed by atoms with E-state index in [9.17, 15) is 14.7 Å². The Hall–Kier alpha value is -3.54. The Balaban J connectivity index is 1.73. The average molecular weight is 391 g/mol. The lowest BCUT2D eigenvalue weighted by Gasteiger charge is -2.35. The highest BCUT2D eigenvalue weighted by Gasteiger charge is 2.52. The second-order valence-corrected chi connectivity index (χ2v) is 7.10. The van der Waals surface area contributed by atoms with Crippen LogP contribution in [-0.4, -0.2) is 11.2 Å². The van der Waals surface area contributed by atoms with Crippen molar-refractivity contribution in [2.24, 2.45) is 5.92 Å². The number of aromatic hydroxyl groups is 1. The van der Waals surface area contributed by atoms with Crippen molar-refractivity contribution in [1.29, 1.82) is 0 Å². The van der Waals surface area contributed by atoms with Gasteiger partial charge in [0.1, 0.15) is 23.5 Å². The van der Waals surface area contributed by atoms with Gasteiger partial charge in [0.15, 0.2) is 0 Å². The van der Waals surface area contributed by atoms with Crippen LogP contribution in [0.15, 0.2) is 82.2 Å². The molecule has 0 bridgehead atoms. The van der Waals surface area contributed by atoms with Gasteiger partial charge in [-0.2, -0.15) is 0 Å². The van der Waals surface area contributed by atoms with Crippen LogP contribution in [0, 0.1) is 5.92 Å². The summed E-state index contributed by atoms with van der Waals surface area (Å²) < 4.78 is 10.5. The predicted octanol–water partition coefficient (Wildman–Crippen LogP) is 3.93. The number of hydrogen-bond acceptors (Lipinski definition) is 5. The molecule has 1 atom stereocenters. The second kappa shape index (κ2) is 7.83. The standard InChI is InChI=1S/C23H21NO5/c25-19-13-14-28-21(26)20(19)23(18-11-12-18,17-9-5-2-6-10-17)24-22(27)29-15-16-7-3-1-4-8-16/h1-10,13-14,18,25H,11-12,15H2,(H,24,27). The van der Waals surface area contributed by atoms with Crippen molar-refractivity contribution in [3.05, 3.63) is 100 Å². The Morgan fingerprint density at radius 1 is 1.07 bits per heavy atom. The van der Waals surface area contributed by atoms with Crippen LogP contribution in [0.5, 0.6) is 5.75 Å². The van der Waals surface area contributed by atoms with Crippen molar-refractivity contribution in [3.63, 3.8) is 0 Å². The summed E-state index contributed by atoms with van der Waals surface area (Å²) in [7, 11) is 0. The second-order valence-electron chi connectivity index (χ2n) is 7.10. The van der Waals surface area contributed by atoms with Crippen molar-refractivity contribution in [1.82, 2.24) is 5.32 Å². The van der Waals surface area contributed by atoms with Gasteiger partial charge in [0.25, 0.3) is 0 Å². The van der Waals surface area contributed by atoms with Crippen molar-refractivity contribution in [3.8, 4) is 5.75 Å². The van der Waals surface area contributed by atoms with Crippen LogP contribution in [0.2, 0.25) is 0 Å². The highest BCUT2D eigenvalue weighted by molar-refractivity contribution is 5.71. The molecule has 1 aromatic heterocycles. The first-order chi connectivity index (χ1) is 14.1. The lowest BCUT2D eigenvalue weighted by molar-refractivity contribution is 0.126. The molecule has 1 saturated carbocycles. The van der Waals surface area contributed by atoms with Crippen LogP contribution in [0.4, 0.5) is 4.79 Å². The van der Waals surface area contributed by atoms with E-state index in [-0.39, 0.29) is 23.8 Å². The fourth-order valence-corrected chi connectivity index (χ4v) is 3.73. The lowest BCUT2D eigenvalue weighted by atomic mass is 9.79. The third-order valence-corrected chi connectivity index (χ3v) is 5.19. The molecule has 1 heterocycles. The molecule has 1 unspecified atom stereocenters. The summed E-state index contributed by atoms with van der Waals surface area (Å²) in [6.45, 7) is 0.0948. The minimum absolute atomic E-state index is 0.0189. The highest BCUT2D eigenvalue weighted by Crippen LogP contribution is 2.50. The first kappa shape index (κ1) is 18.8. The molecular weight excluding hydrogens is 370 g/mol. The predicted molar refractivity (Wildman–Crippen MR) is 106 cm³/mol. The molecule has 1 aliphatic carbocycles. The van der Waals surface area contributed by atoms with Gasteiger partial charge in [0.2, 0.25) is 0 Å². The van der Waals surface area contributed by atoms with Crippen LogP contribution >= 0.6 is 0 Å². The molecule has 6 nitrogen and oxygen atoms in total. The van der Waals surface area contributed by atoms with E-state index in [1.807, 2.05) is 60.7 Å². The number of alkyl carbamates (subject to hydrolysis) is 1. The van der Waals surface area contributed by atoms with Crippen molar-refractivity contribution < 1.29 is 19.1 Å². The molecule has 0 radical (unpaired) electrons. The zero-order valence-corrected chi connectivity index (χ0v) is 15.7. The Morgan fingerprint density at radius 3 is 2.34 bits per heavy atom. The summed E-state index contributed by atoms with van der Waals surface area (Å²) in [5.41, 5.74) is -0.370. The van der Waals surface area contributed by atoms with E-state index in [1.165, 1.54) is 6.07 Å². The van der Waals surface area contributed by atoms with Gasteiger partial charge in [-0.15, -0.1) is 0 Å². The van der Waals surface area contributed by atoms with E-state index >= 15 is 0 Å². The molecule has 2 N–H and O–H groups in total. The van der Waals surface area contributed by atoms with Gasteiger partial charge >= 0.3 is 11.7 Å². The molecular formula is C23H21NO5. The molecule has 6 heteroatoms.